The SMILES string of the molecule is CS(=O)(=O)c1ccc(-c2cnc(N)nn2)cc1. The van der Waals surface area contributed by atoms with Crippen molar-refractivity contribution in [3.05, 3.63) is 30.5 Å². The minimum atomic E-state index is -3.18. The first-order valence-corrected chi connectivity index (χ1v) is 6.61. The Labute approximate surface area is 98.4 Å². The Morgan fingerprint density at radius 2 is 1.76 bits per heavy atom. The maximum atomic E-state index is 11.3. The molecule has 0 atom stereocenters. The predicted octanol–water partition coefficient (Wildman–Crippen LogP) is 0.524. The van der Waals surface area contributed by atoms with Crippen molar-refractivity contribution in [1.29, 1.82) is 0 Å². The molecule has 6 nitrogen and oxygen atoms in total. The van der Waals surface area contributed by atoms with Gasteiger partial charge in [0.25, 0.3) is 0 Å². The Kier molecular flexibility index (Phi) is 2.76. The lowest BCUT2D eigenvalue weighted by molar-refractivity contribution is 0.602. The molecule has 0 radical (unpaired) electrons. The summed E-state index contributed by atoms with van der Waals surface area (Å²) in [6.45, 7) is 0. The highest BCUT2D eigenvalue weighted by molar-refractivity contribution is 7.90. The average molecular weight is 250 g/mol. The summed E-state index contributed by atoms with van der Waals surface area (Å²) in [5.74, 6) is 0.0986. The molecule has 7 heteroatoms. The highest BCUT2D eigenvalue weighted by Crippen LogP contribution is 2.18. The van der Waals surface area contributed by atoms with Crippen LogP contribution < -0.4 is 5.73 Å². The van der Waals surface area contributed by atoms with E-state index >= 15 is 0 Å². The first-order valence-electron chi connectivity index (χ1n) is 4.72. The molecular weight excluding hydrogens is 240 g/mol. The first-order chi connectivity index (χ1) is 7.97. The van der Waals surface area contributed by atoms with E-state index in [2.05, 4.69) is 15.2 Å². The Hall–Kier alpha value is -2.02. The lowest BCUT2D eigenvalue weighted by Crippen LogP contribution is -1.99. The number of rotatable bonds is 2. The van der Waals surface area contributed by atoms with Crippen molar-refractivity contribution in [2.45, 2.75) is 4.90 Å². The van der Waals surface area contributed by atoms with Crippen molar-refractivity contribution in [3.63, 3.8) is 0 Å². The van der Waals surface area contributed by atoms with Gasteiger partial charge in [-0.2, -0.15) is 0 Å². The van der Waals surface area contributed by atoms with Crippen LogP contribution in [0.1, 0.15) is 0 Å². The maximum absolute atomic E-state index is 11.3. The van der Waals surface area contributed by atoms with Crippen LogP contribution in [-0.2, 0) is 9.84 Å². The average Bonchev–Trinajstić information content (AvgIpc) is 2.29. The van der Waals surface area contributed by atoms with E-state index in [1.165, 1.54) is 18.3 Å². The Bertz CT molecular complexity index is 620. The van der Waals surface area contributed by atoms with Crippen LogP contribution >= 0.6 is 0 Å². The van der Waals surface area contributed by atoms with E-state index in [0.717, 1.165) is 11.8 Å². The van der Waals surface area contributed by atoms with Crippen molar-refractivity contribution in [1.82, 2.24) is 15.2 Å². The van der Waals surface area contributed by atoms with Gasteiger partial charge in [0.15, 0.2) is 9.84 Å². The summed E-state index contributed by atoms with van der Waals surface area (Å²) in [4.78, 5) is 4.07. The maximum Gasteiger partial charge on any atom is 0.240 e. The fourth-order valence-electron chi connectivity index (χ4n) is 1.29. The number of nitrogens with zero attached hydrogens (tertiary/aromatic N) is 3. The van der Waals surface area contributed by atoms with Gasteiger partial charge >= 0.3 is 0 Å². The van der Waals surface area contributed by atoms with E-state index in [1.54, 1.807) is 12.1 Å². The molecular formula is C10H10N4O2S. The van der Waals surface area contributed by atoms with Crippen LogP contribution in [0.15, 0.2) is 35.4 Å². The van der Waals surface area contributed by atoms with E-state index < -0.39 is 9.84 Å². The molecule has 0 fully saturated rings. The molecule has 1 aromatic carbocycles. The van der Waals surface area contributed by atoms with Gasteiger partial charge in [-0.05, 0) is 12.1 Å². The van der Waals surface area contributed by atoms with Crippen LogP contribution in [0.2, 0.25) is 0 Å². The second-order valence-corrected chi connectivity index (χ2v) is 5.51. The smallest absolute Gasteiger partial charge is 0.240 e. The molecule has 2 N–H and O–H groups in total. The molecule has 1 heterocycles. The van der Waals surface area contributed by atoms with Crippen molar-refractivity contribution < 1.29 is 8.42 Å². The minimum absolute atomic E-state index is 0.0986. The molecule has 0 unspecified atom stereocenters. The van der Waals surface area contributed by atoms with Gasteiger partial charge < -0.3 is 5.73 Å². The Morgan fingerprint density at radius 1 is 1.12 bits per heavy atom. The van der Waals surface area contributed by atoms with Gasteiger partial charge in [-0.25, -0.2) is 13.4 Å². The van der Waals surface area contributed by atoms with Gasteiger partial charge in [-0.3, -0.25) is 0 Å². The molecule has 2 aromatic rings. The lowest BCUT2D eigenvalue weighted by Gasteiger charge is -2.01. The summed E-state index contributed by atoms with van der Waals surface area (Å²) in [7, 11) is -3.18. The van der Waals surface area contributed by atoms with E-state index in [0.29, 0.717) is 5.69 Å². The van der Waals surface area contributed by atoms with E-state index in [-0.39, 0.29) is 10.8 Å². The number of sulfone groups is 1. The monoisotopic (exact) mass is 250 g/mol. The molecule has 2 rings (SSSR count). The summed E-state index contributed by atoms with van der Waals surface area (Å²) in [5, 5.41) is 7.48. The number of aromatic nitrogens is 3. The van der Waals surface area contributed by atoms with Gasteiger partial charge in [0.2, 0.25) is 5.95 Å². The van der Waals surface area contributed by atoms with Crippen LogP contribution in [0.4, 0.5) is 5.95 Å². The summed E-state index contributed by atoms with van der Waals surface area (Å²) in [6.07, 6.45) is 2.64. The highest BCUT2D eigenvalue weighted by atomic mass is 32.2. The molecule has 0 saturated carbocycles. The first kappa shape index (κ1) is 11.5. The zero-order valence-corrected chi connectivity index (χ0v) is 9.85. The van der Waals surface area contributed by atoms with E-state index in [4.69, 9.17) is 5.73 Å². The standard InChI is InChI=1S/C10H10N4O2S/c1-17(15,16)8-4-2-7(3-5-8)9-6-12-10(11)14-13-9/h2-6H,1H3,(H2,11,12,14). The number of benzene rings is 1. The normalized spacial score (nSPS) is 11.4. The van der Waals surface area contributed by atoms with Gasteiger partial charge in [0.05, 0.1) is 11.1 Å². The Balaban J connectivity index is 2.39. The van der Waals surface area contributed by atoms with Crippen molar-refractivity contribution in [3.8, 4) is 11.3 Å². The van der Waals surface area contributed by atoms with Crippen molar-refractivity contribution in [2.75, 3.05) is 12.0 Å². The van der Waals surface area contributed by atoms with Gasteiger partial charge in [-0.15, -0.1) is 10.2 Å². The van der Waals surface area contributed by atoms with Crippen LogP contribution in [0.3, 0.4) is 0 Å². The second-order valence-electron chi connectivity index (χ2n) is 3.50. The molecule has 0 spiro atoms. The molecule has 0 saturated heterocycles. The highest BCUT2D eigenvalue weighted by Gasteiger charge is 2.07. The quantitative estimate of drug-likeness (QED) is 0.834. The van der Waals surface area contributed by atoms with Crippen LogP contribution in [-0.4, -0.2) is 29.9 Å². The molecule has 88 valence electrons. The number of nitrogen functional groups attached to an aromatic ring is 1. The molecule has 0 amide bonds. The number of anilines is 1. The van der Waals surface area contributed by atoms with E-state index in [9.17, 15) is 8.42 Å². The summed E-state index contributed by atoms with van der Waals surface area (Å²) < 4.78 is 22.5. The molecule has 17 heavy (non-hydrogen) atoms. The largest absolute Gasteiger partial charge is 0.366 e. The molecule has 0 aliphatic heterocycles. The molecule has 1 aromatic heterocycles. The third-order valence-electron chi connectivity index (χ3n) is 2.16. The van der Waals surface area contributed by atoms with Crippen molar-refractivity contribution in [2.24, 2.45) is 0 Å². The topological polar surface area (TPSA) is 98.8 Å². The third-order valence-corrected chi connectivity index (χ3v) is 3.29. The predicted molar refractivity (Wildman–Crippen MR) is 62.8 cm³/mol. The minimum Gasteiger partial charge on any atom is -0.366 e. The van der Waals surface area contributed by atoms with Gasteiger partial charge in [0.1, 0.15) is 5.69 Å². The molecule has 0 aliphatic carbocycles. The number of nitrogens with two attached hydrogens (primary N) is 1. The van der Waals surface area contributed by atoms with Crippen LogP contribution in [0.25, 0.3) is 11.3 Å². The fraction of sp³-hybridized carbons (Fsp3) is 0.100. The third kappa shape index (κ3) is 2.56. The van der Waals surface area contributed by atoms with Gasteiger partial charge in [0, 0.05) is 11.8 Å². The summed E-state index contributed by atoms with van der Waals surface area (Å²) >= 11 is 0. The zero-order valence-electron chi connectivity index (χ0n) is 9.03. The van der Waals surface area contributed by atoms with Gasteiger partial charge in [-0.1, -0.05) is 12.1 Å². The van der Waals surface area contributed by atoms with Crippen molar-refractivity contribution >= 4 is 15.8 Å². The zero-order chi connectivity index (χ0) is 12.5. The second kappa shape index (κ2) is 4.10. The Morgan fingerprint density at radius 3 is 2.24 bits per heavy atom. The summed E-state index contributed by atoms with van der Waals surface area (Å²) in [6, 6.07) is 6.34. The number of hydrogen-bond acceptors (Lipinski definition) is 6. The molecule has 0 aliphatic rings. The van der Waals surface area contributed by atoms with Crippen LogP contribution in [0.5, 0.6) is 0 Å². The lowest BCUT2D eigenvalue weighted by atomic mass is 10.2. The molecule has 0 bridgehead atoms. The van der Waals surface area contributed by atoms with E-state index in [1.807, 2.05) is 0 Å². The van der Waals surface area contributed by atoms with Crippen LogP contribution in [0, 0.1) is 0 Å². The fourth-order valence-corrected chi connectivity index (χ4v) is 1.92. The number of hydrogen-bond donors (Lipinski definition) is 1. The summed E-state index contributed by atoms with van der Waals surface area (Å²) in [5.41, 5.74) is 6.60.